The van der Waals surface area contributed by atoms with E-state index in [0.717, 1.165) is 30.6 Å². The Labute approximate surface area is 120 Å². The van der Waals surface area contributed by atoms with E-state index in [2.05, 4.69) is 55.2 Å². The molecule has 1 atom stereocenters. The fourth-order valence-electron chi connectivity index (χ4n) is 2.57. The third-order valence-electron chi connectivity index (χ3n) is 3.59. The summed E-state index contributed by atoms with van der Waals surface area (Å²) in [6, 6.07) is 16.7. The van der Waals surface area contributed by atoms with Crippen LogP contribution in [-0.4, -0.2) is 6.61 Å². The second kappa shape index (κ2) is 5.94. The number of ether oxygens (including phenoxy) is 1. The Bertz CT molecular complexity index is 661. The Morgan fingerprint density at radius 2 is 1.70 bits per heavy atom. The van der Waals surface area contributed by atoms with Gasteiger partial charge in [0.2, 0.25) is 0 Å². The summed E-state index contributed by atoms with van der Waals surface area (Å²) < 4.78 is 6.08. The molecule has 0 amide bonds. The molecule has 0 aliphatic heterocycles. The molecular formula is C19H18O. The summed E-state index contributed by atoms with van der Waals surface area (Å²) in [6.45, 7) is 2.93. The van der Waals surface area contributed by atoms with Gasteiger partial charge in [-0.15, -0.1) is 0 Å². The lowest BCUT2D eigenvalue weighted by atomic mass is 9.92. The summed E-state index contributed by atoms with van der Waals surface area (Å²) in [7, 11) is 0. The number of benzene rings is 2. The Morgan fingerprint density at radius 1 is 1.00 bits per heavy atom. The van der Waals surface area contributed by atoms with Crippen molar-refractivity contribution >= 4 is 0 Å². The Balaban J connectivity index is 2.07. The van der Waals surface area contributed by atoms with Gasteiger partial charge in [-0.2, -0.15) is 0 Å². The highest BCUT2D eigenvalue weighted by Crippen LogP contribution is 2.28. The van der Waals surface area contributed by atoms with E-state index in [4.69, 9.17) is 4.74 Å². The van der Waals surface area contributed by atoms with Crippen LogP contribution >= 0.6 is 0 Å². The highest BCUT2D eigenvalue weighted by molar-refractivity contribution is 5.52. The first-order valence-corrected chi connectivity index (χ1v) is 7.19. The number of hydrogen-bond donors (Lipinski definition) is 0. The van der Waals surface area contributed by atoms with Crippen LogP contribution in [0.1, 0.15) is 41.7 Å². The summed E-state index contributed by atoms with van der Waals surface area (Å²) in [6.07, 6.45) is 2.02. The van der Waals surface area contributed by atoms with Crippen LogP contribution in [0.5, 0.6) is 0 Å². The second-order valence-corrected chi connectivity index (χ2v) is 5.06. The van der Waals surface area contributed by atoms with E-state index in [1.807, 2.05) is 12.1 Å². The fourth-order valence-corrected chi connectivity index (χ4v) is 2.57. The molecule has 3 rings (SSSR count). The van der Waals surface area contributed by atoms with Crippen molar-refractivity contribution in [1.82, 2.24) is 0 Å². The Morgan fingerprint density at radius 3 is 2.55 bits per heavy atom. The van der Waals surface area contributed by atoms with Gasteiger partial charge in [0.05, 0.1) is 6.10 Å². The summed E-state index contributed by atoms with van der Waals surface area (Å²) in [4.78, 5) is 0. The van der Waals surface area contributed by atoms with E-state index in [1.165, 1.54) is 11.1 Å². The van der Waals surface area contributed by atoms with Crippen LogP contribution in [-0.2, 0) is 11.2 Å². The first-order valence-electron chi connectivity index (χ1n) is 7.19. The summed E-state index contributed by atoms with van der Waals surface area (Å²) in [5.41, 5.74) is 4.69. The zero-order valence-electron chi connectivity index (χ0n) is 11.7. The van der Waals surface area contributed by atoms with Gasteiger partial charge in [-0.3, -0.25) is 0 Å². The maximum absolute atomic E-state index is 6.08. The van der Waals surface area contributed by atoms with Crippen LogP contribution < -0.4 is 0 Å². The lowest BCUT2D eigenvalue weighted by Gasteiger charge is -2.21. The van der Waals surface area contributed by atoms with Gasteiger partial charge in [0.1, 0.15) is 0 Å². The van der Waals surface area contributed by atoms with Gasteiger partial charge in [0.15, 0.2) is 0 Å². The van der Waals surface area contributed by atoms with Gasteiger partial charge < -0.3 is 4.74 Å². The first kappa shape index (κ1) is 13.0. The maximum Gasteiger partial charge on any atom is 0.0877 e. The Hall–Kier alpha value is -2.04. The molecule has 0 radical (unpaired) electrons. The average Bonchev–Trinajstić information content (AvgIpc) is 2.48. The Kier molecular flexibility index (Phi) is 3.85. The van der Waals surface area contributed by atoms with E-state index >= 15 is 0 Å². The summed E-state index contributed by atoms with van der Waals surface area (Å²) in [5, 5.41) is 0. The molecule has 2 aromatic carbocycles. The third kappa shape index (κ3) is 2.61. The van der Waals surface area contributed by atoms with Crippen LogP contribution in [0, 0.1) is 11.8 Å². The zero-order valence-corrected chi connectivity index (χ0v) is 11.7. The normalized spacial score (nSPS) is 16.1. The van der Waals surface area contributed by atoms with E-state index in [9.17, 15) is 0 Å². The number of hydrogen-bond acceptors (Lipinski definition) is 1. The topological polar surface area (TPSA) is 9.23 Å². The minimum atomic E-state index is 0.0990. The molecule has 1 unspecified atom stereocenters. The molecule has 0 bridgehead atoms. The minimum absolute atomic E-state index is 0.0990. The molecule has 20 heavy (non-hydrogen) atoms. The minimum Gasteiger partial charge on any atom is -0.373 e. The van der Waals surface area contributed by atoms with Crippen molar-refractivity contribution < 1.29 is 4.74 Å². The van der Waals surface area contributed by atoms with Gasteiger partial charge in [-0.1, -0.05) is 55.2 Å². The predicted octanol–water partition coefficient (Wildman–Crippen LogP) is 4.11. The molecule has 2 aromatic rings. The van der Waals surface area contributed by atoms with Crippen molar-refractivity contribution in [2.24, 2.45) is 0 Å². The van der Waals surface area contributed by atoms with Gasteiger partial charge in [-0.25, -0.2) is 0 Å². The molecule has 0 saturated heterocycles. The van der Waals surface area contributed by atoms with Crippen molar-refractivity contribution in [2.45, 2.75) is 25.9 Å². The molecule has 0 spiro atoms. The van der Waals surface area contributed by atoms with Gasteiger partial charge in [0.25, 0.3) is 0 Å². The quantitative estimate of drug-likeness (QED) is 0.756. The number of fused-ring (bicyclic) bond motifs is 2. The molecule has 1 nitrogen and oxygen atoms in total. The van der Waals surface area contributed by atoms with Crippen LogP contribution in [0.15, 0.2) is 48.5 Å². The van der Waals surface area contributed by atoms with Crippen molar-refractivity contribution in [1.29, 1.82) is 0 Å². The molecule has 0 N–H and O–H groups in total. The maximum atomic E-state index is 6.08. The second-order valence-electron chi connectivity index (χ2n) is 5.06. The summed E-state index contributed by atoms with van der Waals surface area (Å²) >= 11 is 0. The summed E-state index contributed by atoms with van der Waals surface area (Å²) in [5.74, 6) is 6.59. The van der Waals surface area contributed by atoms with Crippen LogP contribution in [0.3, 0.4) is 0 Å². The number of rotatable bonds is 3. The fraction of sp³-hybridized carbons (Fsp3) is 0.263. The first-order chi connectivity index (χ1) is 9.88. The van der Waals surface area contributed by atoms with Crippen molar-refractivity contribution in [3.05, 3.63) is 70.8 Å². The lowest BCUT2D eigenvalue weighted by molar-refractivity contribution is 0.0530. The van der Waals surface area contributed by atoms with Crippen molar-refractivity contribution in [2.75, 3.05) is 6.61 Å². The standard InChI is InChI=1S/C19H18O/c1-2-13-20-19-14-17-9-4-3-7-15(17)11-12-16-8-5-6-10-18(16)19/h3-10,19H,2,13-14H2,1H3. The third-order valence-corrected chi connectivity index (χ3v) is 3.59. The largest absolute Gasteiger partial charge is 0.373 e. The molecule has 0 heterocycles. The highest BCUT2D eigenvalue weighted by Gasteiger charge is 2.18. The van der Waals surface area contributed by atoms with E-state index in [-0.39, 0.29) is 6.10 Å². The average molecular weight is 262 g/mol. The monoisotopic (exact) mass is 262 g/mol. The SMILES string of the molecule is CCCOC1Cc2ccccc2C#Cc2ccccc21. The molecule has 100 valence electrons. The van der Waals surface area contributed by atoms with Crippen LogP contribution in [0.25, 0.3) is 0 Å². The van der Waals surface area contributed by atoms with Crippen molar-refractivity contribution in [3.8, 4) is 11.8 Å². The van der Waals surface area contributed by atoms with Gasteiger partial charge in [0, 0.05) is 24.2 Å². The van der Waals surface area contributed by atoms with Gasteiger partial charge >= 0.3 is 0 Å². The van der Waals surface area contributed by atoms with E-state index in [1.54, 1.807) is 0 Å². The molecule has 0 aromatic heterocycles. The highest BCUT2D eigenvalue weighted by atomic mass is 16.5. The van der Waals surface area contributed by atoms with E-state index < -0.39 is 0 Å². The van der Waals surface area contributed by atoms with Crippen LogP contribution in [0.2, 0.25) is 0 Å². The van der Waals surface area contributed by atoms with Gasteiger partial charge in [-0.05, 0) is 29.7 Å². The molecular weight excluding hydrogens is 244 g/mol. The molecule has 0 saturated carbocycles. The smallest absolute Gasteiger partial charge is 0.0877 e. The van der Waals surface area contributed by atoms with E-state index in [0.29, 0.717) is 0 Å². The molecule has 1 aliphatic carbocycles. The van der Waals surface area contributed by atoms with Crippen molar-refractivity contribution in [3.63, 3.8) is 0 Å². The zero-order chi connectivity index (χ0) is 13.8. The predicted molar refractivity (Wildman–Crippen MR) is 81.6 cm³/mol. The molecule has 1 aliphatic rings. The lowest BCUT2D eigenvalue weighted by Crippen LogP contribution is -2.12. The molecule has 1 heteroatoms. The van der Waals surface area contributed by atoms with Crippen LogP contribution in [0.4, 0.5) is 0 Å². The molecule has 0 fully saturated rings.